The fourth-order valence-corrected chi connectivity index (χ4v) is 1.07. The van der Waals surface area contributed by atoms with Crippen molar-refractivity contribution in [1.82, 2.24) is 4.90 Å². The van der Waals surface area contributed by atoms with Gasteiger partial charge in [-0.15, -0.1) is 0 Å². The van der Waals surface area contributed by atoms with E-state index in [1.54, 1.807) is 18.9 Å². The molecular weight excluding hydrogens is 173 g/mol. The fourth-order valence-electron chi connectivity index (χ4n) is 0.570. The summed E-state index contributed by atoms with van der Waals surface area (Å²) in [5.41, 5.74) is -0.412. The molecule has 0 fully saturated rings. The normalized spacial score (nSPS) is 26.0. The molecule has 0 aliphatic carbocycles. The van der Waals surface area contributed by atoms with E-state index in [0.29, 0.717) is 11.1 Å². The molecule has 0 aromatic rings. The van der Waals surface area contributed by atoms with Crippen molar-refractivity contribution in [3.8, 4) is 0 Å². The number of halogens is 2. The lowest BCUT2D eigenvalue weighted by atomic mass is 10.6. The van der Waals surface area contributed by atoms with Gasteiger partial charge < -0.3 is 4.90 Å². The average Bonchev–Trinajstić information content (AvgIpc) is 1.82. The summed E-state index contributed by atoms with van der Waals surface area (Å²) in [4.78, 5) is 9.42. The zero-order valence-electron chi connectivity index (χ0n) is 5.67. The molecule has 0 bridgehead atoms. The third-order valence-electron chi connectivity index (χ3n) is 1.16. The molecular formula is C5H7Cl2N3. The Kier molecular flexibility index (Phi) is 2.16. The monoisotopic (exact) mass is 179 g/mol. The van der Waals surface area contributed by atoms with Gasteiger partial charge in [0.25, 0.3) is 0 Å². The molecule has 1 unspecified atom stereocenters. The van der Waals surface area contributed by atoms with E-state index < -0.39 is 5.62 Å². The van der Waals surface area contributed by atoms with Gasteiger partial charge in [-0.1, -0.05) is 11.6 Å². The van der Waals surface area contributed by atoms with Crippen LogP contribution in [0, 0.1) is 0 Å². The zero-order valence-corrected chi connectivity index (χ0v) is 7.19. The molecule has 1 rings (SSSR count). The lowest BCUT2D eigenvalue weighted by Gasteiger charge is -2.22. The van der Waals surface area contributed by atoms with Crippen LogP contribution in [0.25, 0.3) is 0 Å². The van der Waals surface area contributed by atoms with Crippen LogP contribution in [0.1, 0.15) is 6.92 Å². The summed E-state index contributed by atoms with van der Waals surface area (Å²) in [5, 5.41) is 0.382. The van der Waals surface area contributed by atoms with Crippen molar-refractivity contribution in [3.05, 3.63) is 0 Å². The Bertz CT molecular complexity index is 199. The molecule has 0 aromatic heterocycles. The van der Waals surface area contributed by atoms with Gasteiger partial charge in [0.1, 0.15) is 5.84 Å². The molecule has 1 atom stereocenters. The Morgan fingerprint density at radius 1 is 1.60 bits per heavy atom. The van der Waals surface area contributed by atoms with Crippen molar-refractivity contribution in [1.29, 1.82) is 0 Å². The lowest BCUT2D eigenvalue weighted by Crippen LogP contribution is -2.33. The molecule has 1 heterocycles. The summed E-state index contributed by atoms with van der Waals surface area (Å²) < 4.78 is 0. The average molecular weight is 180 g/mol. The minimum Gasteiger partial charge on any atom is -0.315 e. The third-order valence-corrected chi connectivity index (χ3v) is 1.90. The highest BCUT2D eigenvalue weighted by atomic mass is 35.5. The summed E-state index contributed by atoms with van der Waals surface area (Å²) in [5.74, 6) is 0.614. The predicted molar refractivity (Wildman–Crippen MR) is 43.8 cm³/mol. The smallest absolute Gasteiger partial charge is 0.202 e. The van der Waals surface area contributed by atoms with Crippen LogP contribution in [0.3, 0.4) is 0 Å². The number of nitrogens with zero attached hydrogens (tertiary/aromatic N) is 3. The molecule has 56 valence electrons. The Hall–Kier alpha value is -0.280. The van der Waals surface area contributed by atoms with Crippen molar-refractivity contribution < 1.29 is 0 Å². The molecule has 0 amide bonds. The second kappa shape index (κ2) is 2.76. The number of rotatable bonds is 0. The Labute approximate surface area is 69.4 Å². The predicted octanol–water partition coefficient (Wildman–Crippen LogP) is 1.47. The highest BCUT2D eigenvalue weighted by Crippen LogP contribution is 2.12. The van der Waals surface area contributed by atoms with Gasteiger partial charge >= 0.3 is 0 Å². The Morgan fingerprint density at radius 3 is 2.70 bits per heavy atom. The topological polar surface area (TPSA) is 28.0 Å². The first-order chi connectivity index (χ1) is 4.61. The first-order valence-corrected chi connectivity index (χ1v) is 3.58. The maximum atomic E-state index is 5.73. The van der Waals surface area contributed by atoms with Crippen LogP contribution in [0.5, 0.6) is 0 Å². The summed E-state index contributed by atoms with van der Waals surface area (Å²) in [6, 6.07) is 0. The van der Waals surface area contributed by atoms with Crippen molar-refractivity contribution in [2.24, 2.45) is 9.98 Å². The first kappa shape index (κ1) is 7.82. The van der Waals surface area contributed by atoms with Crippen LogP contribution < -0.4 is 0 Å². The minimum atomic E-state index is -0.412. The number of amidine groups is 2. The van der Waals surface area contributed by atoms with Crippen LogP contribution in [-0.4, -0.2) is 28.7 Å². The molecule has 3 nitrogen and oxygen atoms in total. The summed E-state index contributed by atoms with van der Waals surface area (Å²) in [7, 11) is 1.74. The fraction of sp³-hybridized carbons (Fsp3) is 0.600. The molecule has 0 saturated carbocycles. The van der Waals surface area contributed by atoms with Crippen molar-refractivity contribution in [2.75, 3.05) is 7.05 Å². The second-order valence-electron chi connectivity index (χ2n) is 1.98. The van der Waals surface area contributed by atoms with Gasteiger partial charge in [0.15, 0.2) is 0 Å². The lowest BCUT2D eigenvalue weighted by molar-refractivity contribution is 0.479. The number of hydrogen-bond acceptors (Lipinski definition) is 3. The maximum absolute atomic E-state index is 5.73. The largest absolute Gasteiger partial charge is 0.315 e. The van der Waals surface area contributed by atoms with Gasteiger partial charge in [-0.3, -0.25) is 0 Å². The number of aliphatic imine (C=N–C) groups is 2. The molecule has 1 aliphatic heterocycles. The molecule has 5 heteroatoms. The maximum Gasteiger partial charge on any atom is 0.202 e. The quantitative estimate of drug-likeness (QED) is 0.409. The van der Waals surface area contributed by atoms with Crippen molar-refractivity contribution >= 4 is 34.3 Å². The molecule has 0 saturated heterocycles. The standard InChI is InChI=1S/C5H7Cl2N3/c1-3-8-4(6)10(2)5(7)9-3/h4H,1-2H3. The van der Waals surface area contributed by atoms with Crippen LogP contribution in [0.15, 0.2) is 9.98 Å². The van der Waals surface area contributed by atoms with E-state index in [0.717, 1.165) is 0 Å². The van der Waals surface area contributed by atoms with Gasteiger partial charge in [0.2, 0.25) is 10.9 Å². The van der Waals surface area contributed by atoms with Gasteiger partial charge in [0.05, 0.1) is 0 Å². The van der Waals surface area contributed by atoms with E-state index in [4.69, 9.17) is 23.2 Å². The number of hydrogen-bond donors (Lipinski definition) is 0. The molecule has 0 aromatic carbocycles. The minimum absolute atomic E-state index is 0.382. The Morgan fingerprint density at radius 2 is 2.20 bits per heavy atom. The van der Waals surface area contributed by atoms with Crippen LogP contribution in [-0.2, 0) is 0 Å². The van der Waals surface area contributed by atoms with Crippen LogP contribution in [0.4, 0.5) is 0 Å². The van der Waals surface area contributed by atoms with Gasteiger partial charge in [-0.05, 0) is 18.5 Å². The van der Waals surface area contributed by atoms with E-state index in [1.807, 2.05) is 0 Å². The molecule has 10 heavy (non-hydrogen) atoms. The summed E-state index contributed by atoms with van der Waals surface area (Å²) in [6.07, 6.45) is 0. The van der Waals surface area contributed by atoms with Crippen molar-refractivity contribution in [2.45, 2.75) is 12.5 Å². The van der Waals surface area contributed by atoms with Crippen LogP contribution >= 0.6 is 23.2 Å². The highest BCUT2D eigenvalue weighted by Gasteiger charge is 2.17. The molecule has 1 aliphatic rings. The van der Waals surface area contributed by atoms with E-state index >= 15 is 0 Å². The summed E-state index contributed by atoms with van der Waals surface area (Å²) in [6.45, 7) is 1.75. The Balaban J connectivity index is 2.85. The van der Waals surface area contributed by atoms with E-state index in [2.05, 4.69) is 9.98 Å². The zero-order chi connectivity index (χ0) is 7.72. The van der Waals surface area contributed by atoms with Crippen LogP contribution in [0.2, 0.25) is 0 Å². The molecule has 0 radical (unpaired) electrons. The van der Waals surface area contributed by atoms with Gasteiger partial charge in [-0.25, -0.2) is 9.98 Å². The van der Waals surface area contributed by atoms with E-state index in [9.17, 15) is 0 Å². The van der Waals surface area contributed by atoms with E-state index in [-0.39, 0.29) is 0 Å². The first-order valence-electron chi connectivity index (χ1n) is 2.77. The van der Waals surface area contributed by atoms with Gasteiger partial charge in [-0.2, -0.15) is 0 Å². The van der Waals surface area contributed by atoms with Gasteiger partial charge in [0, 0.05) is 7.05 Å². The third kappa shape index (κ3) is 1.41. The molecule has 0 spiro atoms. The second-order valence-corrected chi connectivity index (χ2v) is 2.71. The SMILES string of the molecule is CC1=NC(Cl)N(C)C(Cl)=N1. The van der Waals surface area contributed by atoms with E-state index in [1.165, 1.54) is 0 Å². The molecule has 0 N–H and O–H groups in total. The highest BCUT2D eigenvalue weighted by molar-refractivity contribution is 6.65. The number of alkyl halides is 1. The van der Waals surface area contributed by atoms with Crippen molar-refractivity contribution in [3.63, 3.8) is 0 Å². The summed E-state index contributed by atoms with van der Waals surface area (Å²) >= 11 is 11.4.